The van der Waals surface area contributed by atoms with Gasteiger partial charge < -0.3 is 30.2 Å². The van der Waals surface area contributed by atoms with E-state index in [9.17, 15) is 15.3 Å². The van der Waals surface area contributed by atoms with Crippen LogP contribution in [0.3, 0.4) is 0 Å². The minimum Gasteiger partial charge on any atom is -0.490 e. The van der Waals surface area contributed by atoms with Gasteiger partial charge in [-0.15, -0.1) is 0 Å². The molecule has 0 radical (unpaired) electrons. The van der Waals surface area contributed by atoms with E-state index < -0.39 is 31.1 Å². The summed E-state index contributed by atoms with van der Waals surface area (Å²) >= 11 is 6.18. The van der Waals surface area contributed by atoms with Gasteiger partial charge in [0, 0.05) is 13.1 Å². The van der Waals surface area contributed by atoms with Crippen molar-refractivity contribution in [3.05, 3.63) is 41.9 Å². The number of rotatable bonds is 6. The Kier molecular flexibility index (Phi) is 6.32. The minimum absolute atomic E-state index is 0.000732. The number of para-hydroxylation sites is 1. The van der Waals surface area contributed by atoms with E-state index in [0.29, 0.717) is 17.0 Å². The molecule has 2 aliphatic heterocycles. The number of hydrazine groups is 1. The molecule has 2 fully saturated rings. The molecule has 176 valence electrons. The molecular weight excluding hydrogens is 452 g/mol. The summed E-state index contributed by atoms with van der Waals surface area (Å²) < 4.78 is 13.1. The minimum atomic E-state index is -1.26. The maximum Gasteiger partial charge on any atom is 0.226 e. The van der Waals surface area contributed by atoms with Crippen molar-refractivity contribution >= 4 is 28.6 Å². The summed E-state index contributed by atoms with van der Waals surface area (Å²) in [5, 5.41) is 31.8. The van der Waals surface area contributed by atoms with Crippen LogP contribution in [0.1, 0.15) is 19.1 Å². The molecule has 11 nitrogen and oxygen atoms in total. The van der Waals surface area contributed by atoms with Crippen molar-refractivity contribution in [1.82, 2.24) is 24.5 Å². The molecule has 2 saturated heterocycles. The maximum absolute atomic E-state index is 10.4. The SMILES string of the molecule is OC[C@H]1O[C@@H](n2cnc3c(NN4CCC(Oc5ccccc5)CC4)nc(Cl)nc32)[C@H](O)[C@@H]1O. The van der Waals surface area contributed by atoms with Gasteiger partial charge >= 0.3 is 0 Å². The molecule has 12 heteroatoms. The summed E-state index contributed by atoms with van der Waals surface area (Å²) in [4.78, 5) is 12.9. The molecule has 5 rings (SSSR count). The Hall–Kier alpha value is -2.54. The van der Waals surface area contributed by atoms with E-state index in [-0.39, 0.29) is 11.4 Å². The van der Waals surface area contributed by atoms with Crippen LogP contribution in [0.15, 0.2) is 36.7 Å². The third-order valence-electron chi connectivity index (χ3n) is 5.94. The van der Waals surface area contributed by atoms with E-state index in [1.807, 2.05) is 35.3 Å². The predicted octanol–water partition coefficient (Wildman–Crippen LogP) is 0.961. The largest absolute Gasteiger partial charge is 0.490 e. The average molecular weight is 477 g/mol. The van der Waals surface area contributed by atoms with Crippen LogP contribution < -0.4 is 10.2 Å². The van der Waals surface area contributed by atoms with Crippen LogP contribution in [0.2, 0.25) is 5.28 Å². The van der Waals surface area contributed by atoms with Crippen LogP contribution in [0.25, 0.3) is 11.2 Å². The monoisotopic (exact) mass is 476 g/mol. The molecule has 2 aromatic heterocycles. The highest BCUT2D eigenvalue weighted by Gasteiger charge is 2.44. The van der Waals surface area contributed by atoms with Crippen LogP contribution in [0.5, 0.6) is 5.75 Å². The summed E-state index contributed by atoms with van der Waals surface area (Å²) in [6.07, 6.45) is -1.11. The van der Waals surface area contributed by atoms with Crippen molar-refractivity contribution in [2.24, 2.45) is 0 Å². The van der Waals surface area contributed by atoms with Crippen molar-refractivity contribution in [2.45, 2.75) is 43.5 Å². The zero-order chi connectivity index (χ0) is 22.9. The van der Waals surface area contributed by atoms with Crippen LogP contribution >= 0.6 is 11.6 Å². The Morgan fingerprint density at radius 2 is 1.88 bits per heavy atom. The van der Waals surface area contributed by atoms with Gasteiger partial charge in [-0.25, -0.2) is 9.99 Å². The first-order chi connectivity index (χ1) is 16.0. The van der Waals surface area contributed by atoms with E-state index in [4.69, 9.17) is 21.1 Å². The van der Waals surface area contributed by atoms with Gasteiger partial charge in [-0.1, -0.05) is 18.2 Å². The Bertz CT molecular complexity index is 1090. The molecule has 4 N–H and O–H groups in total. The molecule has 4 atom stereocenters. The molecule has 0 amide bonds. The highest BCUT2D eigenvalue weighted by molar-refractivity contribution is 6.28. The van der Waals surface area contributed by atoms with Crippen molar-refractivity contribution in [3.8, 4) is 5.75 Å². The van der Waals surface area contributed by atoms with Gasteiger partial charge in [-0.3, -0.25) is 4.57 Å². The summed E-state index contributed by atoms with van der Waals surface area (Å²) in [6.45, 7) is 1.04. The van der Waals surface area contributed by atoms with Crippen molar-refractivity contribution in [3.63, 3.8) is 0 Å². The number of nitrogens with zero attached hydrogens (tertiary/aromatic N) is 5. The van der Waals surface area contributed by atoms with Crippen molar-refractivity contribution in [2.75, 3.05) is 25.1 Å². The highest BCUT2D eigenvalue weighted by Crippen LogP contribution is 2.33. The van der Waals surface area contributed by atoms with E-state index >= 15 is 0 Å². The Morgan fingerprint density at radius 3 is 2.58 bits per heavy atom. The van der Waals surface area contributed by atoms with Gasteiger partial charge in [0.25, 0.3) is 0 Å². The number of piperidine rings is 1. The number of aliphatic hydroxyl groups excluding tert-OH is 3. The number of benzene rings is 1. The lowest BCUT2D eigenvalue weighted by molar-refractivity contribution is -0.0511. The average Bonchev–Trinajstić information content (AvgIpc) is 3.36. The summed E-state index contributed by atoms with van der Waals surface area (Å²) in [7, 11) is 0. The first-order valence-electron chi connectivity index (χ1n) is 10.8. The van der Waals surface area contributed by atoms with Crippen molar-refractivity contribution in [1.29, 1.82) is 0 Å². The number of imidazole rings is 1. The van der Waals surface area contributed by atoms with Gasteiger partial charge in [0.05, 0.1) is 12.9 Å². The smallest absolute Gasteiger partial charge is 0.226 e. The maximum atomic E-state index is 10.4. The van der Waals surface area contributed by atoms with Crippen LogP contribution in [0, 0.1) is 0 Å². The summed E-state index contributed by atoms with van der Waals surface area (Å²) in [6, 6.07) is 9.77. The quantitative estimate of drug-likeness (QED) is 0.380. The molecule has 0 bridgehead atoms. The highest BCUT2D eigenvalue weighted by atomic mass is 35.5. The van der Waals surface area contributed by atoms with Crippen molar-refractivity contribution < 1.29 is 24.8 Å². The number of hydrogen-bond acceptors (Lipinski definition) is 10. The van der Waals surface area contributed by atoms with Crippen LogP contribution in [-0.2, 0) is 4.74 Å². The van der Waals surface area contributed by atoms with Crippen LogP contribution in [0.4, 0.5) is 5.82 Å². The molecule has 0 unspecified atom stereocenters. The van der Waals surface area contributed by atoms with Crippen LogP contribution in [-0.4, -0.2) is 84.0 Å². The fourth-order valence-electron chi connectivity index (χ4n) is 4.19. The number of aliphatic hydroxyl groups is 3. The van der Waals surface area contributed by atoms with Gasteiger partial charge in [0.15, 0.2) is 23.2 Å². The van der Waals surface area contributed by atoms with Gasteiger partial charge in [0.1, 0.15) is 30.2 Å². The zero-order valence-electron chi connectivity index (χ0n) is 17.7. The molecule has 1 aromatic carbocycles. The Balaban J connectivity index is 1.30. The number of ether oxygens (including phenoxy) is 2. The first kappa shape index (κ1) is 22.3. The molecule has 3 aromatic rings. The van der Waals surface area contributed by atoms with E-state index in [2.05, 4.69) is 20.4 Å². The lowest BCUT2D eigenvalue weighted by Crippen LogP contribution is -2.41. The van der Waals surface area contributed by atoms with Gasteiger partial charge in [0.2, 0.25) is 5.28 Å². The zero-order valence-corrected chi connectivity index (χ0v) is 18.4. The second kappa shape index (κ2) is 9.37. The predicted molar refractivity (Wildman–Crippen MR) is 119 cm³/mol. The molecule has 0 spiro atoms. The fraction of sp³-hybridized carbons (Fsp3) is 0.476. The second-order valence-electron chi connectivity index (χ2n) is 8.12. The Morgan fingerprint density at radius 1 is 1.12 bits per heavy atom. The molecular formula is C21H25ClN6O5. The Labute approximate surface area is 194 Å². The number of nitrogens with one attached hydrogen (secondary N) is 1. The van der Waals surface area contributed by atoms with E-state index in [1.54, 1.807) is 0 Å². The number of anilines is 1. The molecule has 33 heavy (non-hydrogen) atoms. The second-order valence-corrected chi connectivity index (χ2v) is 8.46. The number of fused-ring (bicyclic) bond motifs is 1. The topological polar surface area (TPSA) is 138 Å². The number of halogens is 1. The first-order valence-corrected chi connectivity index (χ1v) is 11.2. The number of aromatic nitrogens is 4. The third-order valence-corrected chi connectivity index (χ3v) is 6.11. The normalized spacial score (nSPS) is 26.7. The molecule has 2 aliphatic rings. The van der Waals surface area contributed by atoms with E-state index in [0.717, 1.165) is 31.7 Å². The standard InChI is InChI=1S/C21H25ClN6O5/c22-21-24-18(26-27-8-6-13(7-9-27)32-12-4-2-1-3-5-12)15-19(25-21)28(11-23-15)20-17(31)16(30)14(10-29)33-20/h1-5,11,13-14,16-17,20,29-31H,6-10H2,(H,24,25,26)/t14-,16-,17-,20-/m1/s1. The lowest BCUT2D eigenvalue weighted by Gasteiger charge is -2.32. The van der Waals surface area contributed by atoms with E-state index in [1.165, 1.54) is 10.9 Å². The van der Waals surface area contributed by atoms with Gasteiger partial charge in [-0.05, 0) is 36.6 Å². The molecule has 0 saturated carbocycles. The molecule has 0 aliphatic carbocycles. The lowest BCUT2D eigenvalue weighted by atomic mass is 10.1. The third kappa shape index (κ3) is 4.47. The van der Waals surface area contributed by atoms with Gasteiger partial charge in [-0.2, -0.15) is 9.97 Å². The fourth-order valence-corrected chi connectivity index (χ4v) is 4.36. The summed E-state index contributed by atoms with van der Waals surface area (Å²) in [5.74, 6) is 1.29. The number of hydrogen-bond donors (Lipinski definition) is 4. The molecule has 4 heterocycles. The summed E-state index contributed by atoms with van der Waals surface area (Å²) in [5.41, 5.74) is 4.05.